The van der Waals surface area contributed by atoms with E-state index in [1.54, 1.807) is 0 Å². The van der Waals surface area contributed by atoms with E-state index in [-0.39, 0.29) is 0 Å². The second-order valence-corrected chi connectivity index (χ2v) is 3.74. The highest BCUT2D eigenvalue weighted by Gasteiger charge is 2.12. The summed E-state index contributed by atoms with van der Waals surface area (Å²) in [5.74, 6) is 0.860. The smallest absolute Gasteiger partial charge is 0.204 e. The standard InChI is InChI=1S/C9H13N3OS/c1-7-6-8(14)11-9(10-7)12-2-4-13-5-3-12/h6H,2-5H2,1H3,(H,10,11,14). The number of nitrogens with one attached hydrogen (secondary N) is 1. The van der Waals surface area contributed by atoms with Crippen molar-refractivity contribution < 1.29 is 4.74 Å². The third kappa shape index (κ3) is 2.10. The fourth-order valence-electron chi connectivity index (χ4n) is 1.49. The minimum Gasteiger partial charge on any atom is -0.378 e. The summed E-state index contributed by atoms with van der Waals surface area (Å²) in [6.07, 6.45) is 0. The van der Waals surface area contributed by atoms with Gasteiger partial charge in [-0.1, -0.05) is 12.2 Å². The molecule has 0 spiro atoms. The monoisotopic (exact) mass is 211 g/mol. The van der Waals surface area contributed by atoms with Gasteiger partial charge in [-0.25, -0.2) is 4.98 Å². The summed E-state index contributed by atoms with van der Waals surface area (Å²) in [6.45, 7) is 5.26. The summed E-state index contributed by atoms with van der Waals surface area (Å²) in [5.41, 5.74) is 1.05. The molecule has 1 aromatic rings. The van der Waals surface area contributed by atoms with E-state index in [9.17, 15) is 0 Å². The predicted molar refractivity (Wildman–Crippen MR) is 57.2 cm³/mol. The first-order valence-corrected chi connectivity index (χ1v) is 5.07. The zero-order chi connectivity index (χ0) is 9.97. The van der Waals surface area contributed by atoms with E-state index in [4.69, 9.17) is 17.0 Å². The third-order valence-electron chi connectivity index (χ3n) is 2.18. The SMILES string of the molecule is Cc1cc(=S)nc(N2CCOCC2)[nH]1. The lowest BCUT2D eigenvalue weighted by Gasteiger charge is -2.27. The maximum atomic E-state index is 5.27. The first-order chi connectivity index (χ1) is 6.75. The first-order valence-electron chi connectivity index (χ1n) is 4.66. The van der Waals surface area contributed by atoms with Crippen LogP contribution in [0.15, 0.2) is 6.07 Å². The van der Waals surface area contributed by atoms with Crippen LogP contribution < -0.4 is 4.90 Å². The van der Waals surface area contributed by atoms with Crippen molar-refractivity contribution in [3.63, 3.8) is 0 Å². The molecule has 0 unspecified atom stereocenters. The van der Waals surface area contributed by atoms with Crippen LogP contribution in [-0.4, -0.2) is 36.3 Å². The summed E-state index contributed by atoms with van der Waals surface area (Å²) in [5, 5.41) is 0. The molecule has 0 aromatic carbocycles. The molecule has 1 aliphatic rings. The van der Waals surface area contributed by atoms with E-state index < -0.39 is 0 Å². The summed E-state index contributed by atoms with van der Waals surface area (Å²) >= 11 is 5.07. The molecule has 2 rings (SSSR count). The van der Waals surface area contributed by atoms with Crippen molar-refractivity contribution in [3.05, 3.63) is 16.4 Å². The van der Waals surface area contributed by atoms with E-state index in [1.807, 2.05) is 13.0 Å². The van der Waals surface area contributed by atoms with Crippen LogP contribution in [0, 0.1) is 11.6 Å². The predicted octanol–water partition coefficient (Wildman–Crippen LogP) is 1.28. The molecule has 0 amide bonds. The Morgan fingerprint density at radius 1 is 1.50 bits per heavy atom. The molecular weight excluding hydrogens is 198 g/mol. The van der Waals surface area contributed by atoms with Gasteiger partial charge in [-0.05, 0) is 13.0 Å². The van der Waals surface area contributed by atoms with Gasteiger partial charge in [0.05, 0.1) is 13.2 Å². The first kappa shape index (κ1) is 9.61. The van der Waals surface area contributed by atoms with Crippen LogP contribution in [0.25, 0.3) is 0 Å². The minimum atomic E-state index is 0.641. The fourth-order valence-corrected chi connectivity index (χ4v) is 1.75. The quantitative estimate of drug-likeness (QED) is 0.711. The van der Waals surface area contributed by atoms with Gasteiger partial charge in [0.15, 0.2) is 0 Å². The average Bonchev–Trinajstić information content (AvgIpc) is 2.18. The molecule has 2 heterocycles. The molecule has 14 heavy (non-hydrogen) atoms. The second-order valence-electron chi connectivity index (χ2n) is 3.33. The number of nitrogens with zero attached hydrogens (tertiary/aromatic N) is 2. The Kier molecular flexibility index (Phi) is 2.79. The van der Waals surface area contributed by atoms with Gasteiger partial charge in [0.2, 0.25) is 5.95 Å². The summed E-state index contributed by atoms with van der Waals surface area (Å²) in [6, 6.07) is 1.86. The van der Waals surface area contributed by atoms with E-state index in [0.29, 0.717) is 4.64 Å². The molecule has 0 bridgehead atoms. The zero-order valence-corrected chi connectivity index (χ0v) is 8.93. The molecule has 76 valence electrons. The van der Waals surface area contributed by atoms with Crippen molar-refractivity contribution in [2.45, 2.75) is 6.92 Å². The van der Waals surface area contributed by atoms with Gasteiger partial charge in [-0.2, -0.15) is 0 Å². The molecule has 0 atom stereocenters. The van der Waals surface area contributed by atoms with Gasteiger partial charge in [0.1, 0.15) is 4.64 Å². The number of aromatic amines is 1. The molecule has 1 fully saturated rings. The molecule has 0 saturated carbocycles. The molecule has 5 heteroatoms. The lowest BCUT2D eigenvalue weighted by molar-refractivity contribution is 0.122. The van der Waals surface area contributed by atoms with Gasteiger partial charge in [0.25, 0.3) is 0 Å². The lowest BCUT2D eigenvalue weighted by atomic mass is 10.4. The third-order valence-corrected chi connectivity index (χ3v) is 2.38. The van der Waals surface area contributed by atoms with Crippen LogP contribution >= 0.6 is 12.2 Å². The van der Waals surface area contributed by atoms with Gasteiger partial charge in [-0.3, -0.25) is 0 Å². The van der Waals surface area contributed by atoms with Crippen LogP contribution in [0.4, 0.5) is 5.95 Å². The number of hydrogen-bond donors (Lipinski definition) is 1. The summed E-state index contributed by atoms with van der Waals surface area (Å²) in [7, 11) is 0. The maximum Gasteiger partial charge on any atom is 0.204 e. The van der Waals surface area contributed by atoms with Crippen molar-refractivity contribution in [2.75, 3.05) is 31.2 Å². The second kappa shape index (κ2) is 4.06. The number of hydrogen-bond acceptors (Lipinski definition) is 4. The molecule has 0 radical (unpaired) electrons. The van der Waals surface area contributed by atoms with Gasteiger partial charge >= 0.3 is 0 Å². The van der Waals surface area contributed by atoms with Crippen molar-refractivity contribution in [1.29, 1.82) is 0 Å². The number of anilines is 1. The van der Waals surface area contributed by atoms with Gasteiger partial charge < -0.3 is 14.6 Å². The number of aryl methyl sites for hydroxylation is 1. The van der Waals surface area contributed by atoms with Crippen LogP contribution in [0.5, 0.6) is 0 Å². The number of rotatable bonds is 1. The Morgan fingerprint density at radius 2 is 2.21 bits per heavy atom. The molecule has 1 saturated heterocycles. The Labute approximate surface area is 87.9 Å². The molecule has 1 aliphatic heterocycles. The molecule has 4 nitrogen and oxygen atoms in total. The number of morpholine rings is 1. The Balaban J connectivity index is 2.26. The molecular formula is C9H13N3OS. The number of H-pyrrole nitrogens is 1. The van der Waals surface area contributed by atoms with Crippen LogP contribution in [0.2, 0.25) is 0 Å². The normalized spacial score (nSPS) is 17.1. The number of ether oxygens (including phenoxy) is 1. The van der Waals surface area contributed by atoms with Crippen molar-refractivity contribution in [2.24, 2.45) is 0 Å². The van der Waals surface area contributed by atoms with E-state index in [2.05, 4.69) is 14.9 Å². The lowest BCUT2D eigenvalue weighted by Crippen LogP contribution is -2.37. The van der Waals surface area contributed by atoms with Crippen LogP contribution in [0.1, 0.15) is 5.69 Å². The van der Waals surface area contributed by atoms with Crippen molar-refractivity contribution >= 4 is 18.2 Å². The largest absolute Gasteiger partial charge is 0.378 e. The summed E-state index contributed by atoms with van der Waals surface area (Å²) < 4.78 is 5.91. The van der Waals surface area contributed by atoms with E-state index in [1.165, 1.54) is 0 Å². The number of aromatic nitrogens is 2. The van der Waals surface area contributed by atoms with Crippen LogP contribution in [0.3, 0.4) is 0 Å². The van der Waals surface area contributed by atoms with Crippen molar-refractivity contribution in [1.82, 2.24) is 9.97 Å². The Morgan fingerprint density at radius 3 is 2.86 bits per heavy atom. The minimum absolute atomic E-state index is 0.641. The maximum absolute atomic E-state index is 5.27. The molecule has 0 aliphatic carbocycles. The zero-order valence-electron chi connectivity index (χ0n) is 8.12. The van der Waals surface area contributed by atoms with Gasteiger partial charge in [0, 0.05) is 18.8 Å². The van der Waals surface area contributed by atoms with Crippen LogP contribution in [-0.2, 0) is 4.74 Å². The Bertz CT molecular complexity index is 371. The van der Waals surface area contributed by atoms with E-state index >= 15 is 0 Å². The molecule has 1 N–H and O–H groups in total. The highest BCUT2D eigenvalue weighted by molar-refractivity contribution is 7.71. The highest BCUT2D eigenvalue weighted by atomic mass is 32.1. The average molecular weight is 211 g/mol. The van der Waals surface area contributed by atoms with Crippen molar-refractivity contribution in [3.8, 4) is 0 Å². The highest BCUT2D eigenvalue weighted by Crippen LogP contribution is 2.09. The molecule has 1 aromatic heterocycles. The topological polar surface area (TPSA) is 41.2 Å². The Hall–Kier alpha value is -0.940. The van der Waals surface area contributed by atoms with Gasteiger partial charge in [-0.15, -0.1) is 0 Å². The summed E-state index contributed by atoms with van der Waals surface area (Å²) in [4.78, 5) is 9.66. The fraction of sp³-hybridized carbons (Fsp3) is 0.556. The van der Waals surface area contributed by atoms with E-state index in [0.717, 1.165) is 37.9 Å².